The maximum absolute atomic E-state index is 11.4. The molecule has 0 unspecified atom stereocenters. The van der Waals surface area contributed by atoms with Crippen molar-refractivity contribution in [2.45, 2.75) is 13.3 Å². The Balaban J connectivity index is 1.74. The summed E-state index contributed by atoms with van der Waals surface area (Å²) in [4.78, 5) is 26.0. The van der Waals surface area contributed by atoms with E-state index in [4.69, 9.17) is 15.7 Å². The molecule has 0 spiro atoms. The number of likely N-dealkylation sites (N-methyl/N-ethyl adjacent to an activating group) is 1. The van der Waals surface area contributed by atoms with Crippen LogP contribution in [0.2, 0.25) is 0 Å². The van der Waals surface area contributed by atoms with E-state index in [9.17, 15) is 9.90 Å². The van der Waals surface area contributed by atoms with Gasteiger partial charge in [-0.3, -0.25) is 9.38 Å². The van der Waals surface area contributed by atoms with Crippen molar-refractivity contribution in [3.8, 4) is 11.3 Å². The summed E-state index contributed by atoms with van der Waals surface area (Å²) in [7, 11) is 3.82. The number of carbonyl (C=O) groups excluding carboxylic acids is 1. The monoisotopic (exact) mass is 515 g/mol. The molecule has 0 aliphatic carbocycles. The Morgan fingerprint density at radius 3 is 2.42 bits per heavy atom. The zero-order valence-corrected chi connectivity index (χ0v) is 22.7. The molecule has 1 saturated heterocycles. The molecule has 0 radical (unpaired) electrons. The van der Waals surface area contributed by atoms with Crippen molar-refractivity contribution in [2.24, 2.45) is 5.73 Å². The lowest BCUT2D eigenvalue weighted by Crippen LogP contribution is -2.47. The maximum Gasteiger partial charge on any atom is 0.301 e. The molecule has 0 saturated carbocycles. The summed E-state index contributed by atoms with van der Waals surface area (Å²) in [6.45, 7) is 6.84. The molecule has 1 amide bonds. The highest BCUT2D eigenvalue weighted by atomic mass is 16.3. The SMILES string of the molecule is C/C(N)=C(\c1ccccc1)c1nc(-c2cccc(CC[N+](C)(C)C=O)c2)cc(N2CCN(CCO)CC2)n1. The van der Waals surface area contributed by atoms with E-state index in [1.165, 1.54) is 0 Å². The number of anilines is 1. The van der Waals surface area contributed by atoms with Gasteiger partial charge in [-0.15, -0.1) is 0 Å². The van der Waals surface area contributed by atoms with E-state index in [-0.39, 0.29) is 6.61 Å². The number of allylic oxidation sites excluding steroid dienone is 1. The number of aliphatic hydroxyl groups is 1. The minimum atomic E-state index is 0.169. The summed E-state index contributed by atoms with van der Waals surface area (Å²) in [5, 5.41) is 9.33. The first-order chi connectivity index (χ1) is 18.3. The number of quaternary nitrogens is 1. The predicted molar refractivity (Wildman–Crippen MR) is 152 cm³/mol. The average molecular weight is 516 g/mol. The highest BCUT2D eigenvalue weighted by molar-refractivity contribution is 5.80. The molecule has 0 bridgehead atoms. The smallest absolute Gasteiger partial charge is 0.301 e. The standard InChI is InChI=1S/C30H39N6O2/c1-23(31)29(25-9-5-4-6-10-25)30-32-27(21-28(33-30)35-15-13-34(14-16-35)17-19-37)26-11-7-8-24(20-26)12-18-36(2,3)22-38/h4-11,20-22,37H,12-19,31H2,1-3H3/q+1/b29-23-. The maximum atomic E-state index is 11.4. The van der Waals surface area contributed by atoms with E-state index in [2.05, 4.69) is 34.1 Å². The number of hydrogen-bond acceptors (Lipinski definition) is 7. The Morgan fingerprint density at radius 2 is 1.76 bits per heavy atom. The molecule has 1 aliphatic rings. The fraction of sp³-hybridized carbons (Fsp3) is 0.367. The van der Waals surface area contributed by atoms with Crippen LogP contribution >= 0.6 is 0 Å². The predicted octanol–water partition coefficient (Wildman–Crippen LogP) is 2.77. The summed E-state index contributed by atoms with van der Waals surface area (Å²) in [6.07, 6.45) is 1.76. The fourth-order valence-electron chi connectivity index (χ4n) is 4.69. The molecule has 1 fully saturated rings. The van der Waals surface area contributed by atoms with Gasteiger partial charge in [0.2, 0.25) is 0 Å². The van der Waals surface area contributed by atoms with Gasteiger partial charge >= 0.3 is 6.41 Å². The molecule has 3 N–H and O–H groups in total. The first-order valence-corrected chi connectivity index (χ1v) is 13.2. The van der Waals surface area contributed by atoms with Crippen LogP contribution in [0.25, 0.3) is 16.8 Å². The normalized spacial score (nSPS) is 15.3. The molecule has 2 heterocycles. The number of benzene rings is 2. The van der Waals surface area contributed by atoms with Crippen molar-refractivity contribution < 1.29 is 14.4 Å². The number of hydrogen-bond donors (Lipinski definition) is 2. The van der Waals surface area contributed by atoms with E-state index < -0.39 is 0 Å². The van der Waals surface area contributed by atoms with Crippen molar-refractivity contribution in [3.63, 3.8) is 0 Å². The molecule has 38 heavy (non-hydrogen) atoms. The van der Waals surface area contributed by atoms with Crippen molar-refractivity contribution >= 4 is 17.8 Å². The molecule has 200 valence electrons. The van der Waals surface area contributed by atoms with Gasteiger partial charge in [0.15, 0.2) is 5.82 Å². The van der Waals surface area contributed by atoms with E-state index in [1.54, 1.807) is 0 Å². The Bertz CT molecular complexity index is 1260. The summed E-state index contributed by atoms with van der Waals surface area (Å²) in [5.74, 6) is 1.47. The van der Waals surface area contributed by atoms with Crippen molar-refractivity contribution in [3.05, 3.63) is 83.3 Å². The van der Waals surface area contributed by atoms with Crippen LogP contribution in [-0.4, -0.2) is 90.8 Å². The lowest BCUT2D eigenvalue weighted by molar-refractivity contribution is -0.804. The number of aromatic nitrogens is 2. The minimum absolute atomic E-state index is 0.169. The van der Waals surface area contributed by atoms with Crippen molar-refractivity contribution in [2.75, 3.05) is 64.9 Å². The van der Waals surface area contributed by atoms with Crippen LogP contribution in [0, 0.1) is 0 Å². The minimum Gasteiger partial charge on any atom is -0.402 e. The van der Waals surface area contributed by atoms with E-state index >= 15 is 0 Å². The number of aliphatic hydroxyl groups excluding tert-OH is 1. The number of rotatable bonds is 10. The van der Waals surface area contributed by atoms with Crippen LogP contribution in [-0.2, 0) is 11.2 Å². The van der Waals surface area contributed by atoms with E-state index in [1.807, 2.05) is 57.4 Å². The van der Waals surface area contributed by atoms with Crippen molar-refractivity contribution in [1.82, 2.24) is 14.9 Å². The second kappa shape index (κ2) is 12.3. The molecule has 0 atom stereocenters. The van der Waals surface area contributed by atoms with E-state index in [0.29, 0.717) is 22.5 Å². The lowest BCUT2D eigenvalue weighted by Gasteiger charge is -2.35. The van der Waals surface area contributed by atoms with Crippen LogP contribution in [0.4, 0.5) is 5.82 Å². The highest BCUT2D eigenvalue weighted by Crippen LogP contribution is 2.29. The fourth-order valence-corrected chi connectivity index (χ4v) is 4.69. The molecule has 1 aliphatic heterocycles. The third-order valence-electron chi connectivity index (χ3n) is 6.99. The molecule has 4 rings (SSSR count). The van der Waals surface area contributed by atoms with Crippen LogP contribution < -0.4 is 10.6 Å². The first kappa shape index (κ1) is 27.4. The van der Waals surface area contributed by atoms with Gasteiger partial charge in [-0.2, -0.15) is 0 Å². The Labute approximate surface area is 225 Å². The average Bonchev–Trinajstić information content (AvgIpc) is 2.93. The largest absolute Gasteiger partial charge is 0.402 e. The number of nitrogens with zero attached hydrogens (tertiary/aromatic N) is 5. The first-order valence-electron chi connectivity index (χ1n) is 13.2. The highest BCUT2D eigenvalue weighted by Gasteiger charge is 2.21. The number of β-amino-alcohol motifs (C(OH)–C–C–N with tert-alkyl or cyclic N) is 1. The van der Waals surface area contributed by atoms with Gasteiger partial charge < -0.3 is 15.7 Å². The van der Waals surface area contributed by atoms with Gasteiger partial charge in [-0.1, -0.05) is 48.5 Å². The molecule has 8 heteroatoms. The summed E-state index contributed by atoms with van der Waals surface area (Å²) in [5.41, 5.74) is 11.9. The summed E-state index contributed by atoms with van der Waals surface area (Å²) in [6, 6.07) is 20.5. The third-order valence-corrected chi connectivity index (χ3v) is 6.99. The van der Waals surface area contributed by atoms with Gasteiger partial charge in [0.25, 0.3) is 0 Å². The molecular formula is C30H39N6O2+. The Kier molecular flexibility index (Phi) is 8.89. The van der Waals surface area contributed by atoms with Gasteiger partial charge in [0.1, 0.15) is 5.82 Å². The number of piperazine rings is 1. The van der Waals surface area contributed by atoms with Gasteiger partial charge in [-0.05, 0) is 24.1 Å². The van der Waals surface area contributed by atoms with Crippen LogP contribution in [0.15, 0.2) is 66.4 Å². The van der Waals surface area contributed by atoms with Gasteiger partial charge in [0, 0.05) is 62.0 Å². The lowest BCUT2D eigenvalue weighted by atomic mass is 10.0. The molecule has 2 aromatic carbocycles. The van der Waals surface area contributed by atoms with Gasteiger partial charge in [0.05, 0.1) is 32.9 Å². The summed E-state index contributed by atoms with van der Waals surface area (Å²) >= 11 is 0. The zero-order chi connectivity index (χ0) is 27.1. The Hall–Kier alpha value is -3.59. The third kappa shape index (κ3) is 6.83. The number of carbonyl (C=O) groups is 1. The molecular weight excluding hydrogens is 476 g/mol. The molecule has 3 aromatic rings. The molecule has 1 aromatic heterocycles. The zero-order valence-electron chi connectivity index (χ0n) is 22.7. The second-order valence-electron chi connectivity index (χ2n) is 10.5. The number of nitrogens with two attached hydrogens (primary N) is 1. The Morgan fingerprint density at radius 1 is 1.03 bits per heavy atom. The quantitative estimate of drug-likeness (QED) is 0.317. The number of amides is 1. The second-order valence-corrected chi connectivity index (χ2v) is 10.5. The molecule has 8 nitrogen and oxygen atoms in total. The van der Waals surface area contributed by atoms with Crippen LogP contribution in [0.1, 0.15) is 23.9 Å². The van der Waals surface area contributed by atoms with Crippen molar-refractivity contribution in [1.29, 1.82) is 0 Å². The van der Waals surface area contributed by atoms with Crippen LogP contribution in [0.3, 0.4) is 0 Å². The summed E-state index contributed by atoms with van der Waals surface area (Å²) < 4.78 is 0.315. The van der Waals surface area contributed by atoms with E-state index in [0.717, 1.165) is 79.3 Å². The van der Waals surface area contributed by atoms with Crippen LogP contribution in [0.5, 0.6) is 0 Å². The van der Waals surface area contributed by atoms with Gasteiger partial charge in [-0.25, -0.2) is 14.8 Å². The topological polar surface area (TPSA) is 95.6 Å².